The van der Waals surface area contributed by atoms with Crippen molar-refractivity contribution in [1.82, 2.24) is 4.90 Å². The van der Waals surface area contributed by atoms with Crippen molar-refractivity contribution < 1.29 is 9.90 Å². The Morgan fingerprint density at radius 3 is 2.85 bits per heavy atom. The molecule has 104 valence electrons. The number of aromatic hydroxyl groups is 1. The van der Waals surface area contributed by atoms with Gasteiger partial charge in [-0.05, 0) is 23.8 Å². The van der Waals surface area contributed by atoms with Crippen LogP contribution in [0.1, 0.15) is 16.8 Å². The first-order valence-corrected chi connectivity index (χ1v) is 7.89. The molecule has 0 radical (unpaired) electrons. The quantitative estimate of drug-likeness (QED) is 0.855. The third-order valence-corrected chi connectivity index (χ3v) is 4.84. The summed E-state index contributed by atoms with van der Waals surface area (Å²) in [4.78, 5) is 14.4. The summed E-state index contributed by atoms with van der Waals surface area (Å²) in [5.41, 5.74) is 0.402. The first-order chi connectivity index (χ1) is 9.70. The summed E-state index contributed by atoms with van der Waals surface area (Å²) in [5.74, 6) is 0.536. The van der Waals surface area contributed by atoms with Crippen molar-refractivity contribution in [3.63, 3.8) is 0 Å². The summed E-state index contributed by atoms with van der Waals surface area (Å²) in [6.07, 6.45) is 1.02. The van der Waals surface area contributed by atoms with Gasteiger partial charge in [0.05, 0.1) is 5.56 Å². The van der Waals surface area contributed by atoms with E-state index in [1.165, 1.54) is 0 Å². The average Bonchev–Trinajstić information content (AvgIpc) is 2.96. The number of hydrogen-bond donors (Lipinski definition) is 1. The van der Waals surface area contributed by atoms with Crippen LogP contribution in [-0.2, 0) is 0 Å². The third-order valence-electron chi connectivity index (χ3n) is 3.92. The highest BCUT2D eigenvalue weighted by Crippen LogP contribution is 2.30. The van der Waals surface area contributed by atoms with Crippen molar-refractivity contribution in [3.8, 4) is 5.75 Å². The molecular weight excluding hydrogens is 318 g/mol. The number of halogens is 1. The number of rotatable bonds is 2. The topological polar surface area (TPSA) is 40.5 Å². The van der Waals surface area contributed by atoms with Gasteiger partial charge in [-0.2, -0.15) is 0 Å². The molecule has 0 spiro atoms. The number of amides is 1. The van der Waals surface area contributed by atoms with Crippen molar-refractivity contribution in [3.05, 3.63) is 42.0 Å². The largest absolute Gasteiger partial charge is 0.506 e. The predicted octanol–water partition coefficient (Wildman–Crippen LogP) is 3.40. The SMILES string of the molecule is O=C(c1ccc2ccccc2c1O)N1CCC(CBr)C1. The first kappa shape index (κ1) is 13.4. The number of alkyl halides is 1. The fourth-order valence-corrected chi connectivity index (χ4v) is 3.27. The number of benzene rings is 2. The van der Waals surface area contributed by atoms with Crippen molar-refractivity contribution >= 4 is 32.6 Å². The Morgan fingerprint density at radius 2 is 2.10 bits per heavy atom. The van der Waals surface area contributed by atoms with Crippen LogP contribution >= 0.6 is 15.9 Å². The molecule has 1 saturated heterocycles. The fraction of sp³-hybridized carbons (Fsp3) is 0.312. The second-order valence-electron chi connectivity index (χ2n) is 5.24. The molecule has 1 aliphatic rings. The summed E-state index contributed by atoms with van der Waals surface area (Å²) >= 11 is 3.47. The highest BCUT2D eigenvalue weighted by atomic mass is 79.9. The first-order valence-electron chi connectivity index (χ1n) is 6.76. The molecule has 1 fully saturated rings. The molecule has 3 nitrogen and oxygen atoms in total. The molecule has 4 heteroatoms. The molecule has 1 N–H and O–H groups in total. The van der Waals surface area contributed by atoms with Gasteiger partial charge in [0.15, 0.2) is 0 Å². The van der Waals surface area contributed by atoms with Crippen LogP contribution < -0.4 is 0 Å². The number of likely N-dealkylation sites (tertiary alicyclic amines) is 1. The van der Waals surface area contributed by atoms with Gasteiger partial charge in [-0.3, -0.25) is 4.79 Å². The Hall–Kier alpha value is -1.55. The number of nitrogens with zero attached hydrogens (tertiary/aromatic N) is 1. The zero-order chi connectivity index (χ0) is 14.1. The molecule has 0 bridgehead atoms. The van der Waals surface area contributed by atoms with Crippen LogP contribution in [0.2, 0.25) is 0 Å². The summed E-state index contributed by atoms with van der Waals surface area (Å²) in [5, 5.41) is 12.9. The fourth-order valence-electron chi connectivity index (χ4n) is 2.74. The van der Waals surface area contributed by atoms with Gasteiger partial charge in [0.25, 0.3) is 5.91 Å². The third kappa shape index (κ3) is 2.29. The lowest BCUT2D eigenvalue weighted by atomic mass is 10.0. The van der Waals surface area contributed by atoms with E-state index in [0.29, 0.717) is 11.5 Å². The van der Waals surface area contributed by atoms with Crippen LogP contribution in [0.5, 0.6) is 5.75 Å². The van der Waals surface area contributed by atoms with Gasteiger partial charge in [0.2, 0.25) is 0 Å². The van der Waals surface area contributed by atoms with E-state index in [9.17, 15) is 9.90 Å². The van der Waals surface area contributed by atoms with E-state index in [-0.39, 0.29) is 11.7 Å². The minimum atomic E-state index is -0.0725. The van der Waals surface area contributed by atoms with Gasteiger partial charge in [-0.15, -0.1) is 0 Å². The summed E-state index contributed by atoms with van der Waals surface area (Å²) in [6.45, 7) is 1.53. The van der Waals surface area contributed by atoms with E-state index in [1.54, 1.807) is 6.07 Å². The second kappa shape index (κ2) is 5.44. The van der Waals surface area contributed by atoms with Gasteiger partial charge < -0.3 is 10.0 Å². The van der Waals surface area contributed by atoms with Gasteiger partial charge >= 0.3 is 0 Å². The van der Waals surface area contributed by atoms with E-state index in [0.717, 1.165) is 35.6 Å². The van der Waals surface area contributed by atoms with E-state index in [1.807, 2.05) is 35.2 Å². The van der Waals surface area contributed by atoms with Gasteiger partial charge in [0, 0.05) is 23.8 Å². The molecule has 1 amide bonds. The average molecular weight is 334 g/mol. The molecule has 1 aliphatic heterocycles. The number of hydrogen-bond acceptors (Lipinski definition) is 2. The second-order valence-corrected chi connectivity index (χ2v) is 5.89. The van der Waals surface area contributed by atoms with E-state index in [4.69, 9.17) is 0 Å². The highest BCUT2D eigenvalue weighted by Gasteiger charge is 2.27. The monoisotopic (exact) mass is 333 g/mol. The van der Waals surface area contributed by atoms with Gasteiger partial charge in [-0.25, -0.2) is 0 Å². The molecule has 2 aromatic carbocycles. The minimum absolute atomic E-state index is 0.0725. The number of carbonyl (C=O) groups is 1. The van der Waals surface area contributed by atoms with Crippen LogP contribution in [0.15, 0.2) is 36.4 Å². The minimum Gasteiger partial charge on any atom is -0.506 e. The molecule has 1 atom stereocenters. The Morgan fingerprint density at radius 1 is 1.30 bits per heavy atom. The standard InChI is InChI=1S/C16H16BrNO2/c17-9-11-7-8-18(10-11)16(20)14-6-5-12-3-1-2-4-13(12)15(14)19/h1-6,11,19H,7-10H2. The summed E-state index contributed by atoms with van der Waals surface area (Å²) in [7, 11) is 0. The van der Waals surface area contributed by atoms with E-state index >= 15 is 0 Å². The maximum atomic E-state index is 12.5. The molecule has 0 saturated carbocycles. The Bertz CT molecular complexity index is 656. The lowest BCUT2D eigenvalue weighted by molar-refractivity contribution is 0.0785. The van der Waals surface area contributed by atoms with E-state index < -0.39 is 0 Å². The number of carbonyl (C=O) groups excluding carboxylic acids is 1. The molecule has 0 aliphatic carbocycles. The van der Waals surface area contributed by atoms with Crippen molar-refractivity contribution in [2.45, 2.75) is 6.42 Å². The van der Waals surface area contributed by atoms with Crippen LogP contribution in [-0.4, -0.2) is 34.3 Å². The summed E-state index contributed by atoms with van der Waals surface area (Å²) < 4.78 is 0. The zero-order valence-corrected chi connectivity index (χ0v) is 12.6. The molecule has 3 rings (SSSR count). The predicted molar refractivity (Wildman–Crippen MR) is 83.4 cm³/mol. The Balaban J connectivity index is 1.94. The molecule has 1 unspecified atom stereocenters. The van der Waals surface area contributed by atoms with Crippen LogP contribution in [0.4, 0.5) is 0 Å². The van der Waals surface area contributed by atoms with Crippen molar-refractivity contribution in [2.24, 2.45) is 5.92 Å². The maximum Gasteiger partial charge on any atom is 0.257 e. The Labute approximate surface area is 126 Å². The molecular formula is C16H16BrNO2. The molecule has 20 heavy (non-hydrogen) atoms. The normalized spacial score (nSPS) is 18.6. The van der Waals surface area contributed by atoms with E-state index in [2.05, 4.69) is 15.9 Å². The maximum absolute atomic E-state index is 12.5. The van der Waals surface area contributed by atoms with Crippen LogP contribution in [0.25, 0.3) is 10.8 Å². The lowest BCUT2D eigenvalue weighted by Crippen LogP contribution is -2.28. The van der Waals surface area contributed by atoms with Crippen molar-refractivity contribution in [1.29, 1.82) is 0 Å². The zero-order valence-electron chi connectivity index (χ0n) is 11.1. The molecule has 1 heterocycles. The van der Waals surface area contributed by atoms with Crippen LogP contribution in [0.3, 0.4) is 0 Å². The van der Waals surface area contributed by atoms with Gasteiger partial charge in [0.1, 0.15) is 5.75 Å². The number of fused-ring (bicyclic) bond motifs is 1. The van der Waals surface area contributed by atoms with Crippen molar-refractivity contribution in [2.75, 3.05) is 18.4 Å². The number of phenolic OH excluding ortho intramolecular Hbond substituents is 1. The molecule has 2 aromatic rings. The highest BCUT2D eigenvalue weighted by molar-refractivity contribution is 9.09. The molecule has 0 aromatic heterocycles. The lowest BCUT2D eigenvalue weighted by Gasteiger charge is -2.17. The summed E-state index contributed by atoms with van der Waals surface area (Å²) in [6, 6.07) is 11.2. The smallest absolute Gasteiger partial charge is 0.257 e. The number of phenols is 1. The van der Waals surface area contributed by atoms with Crippen LogP contribution in [0, 0.1) is 5.92 Å². The van der Waals surface area contributed by atoms with Gasteiger partial charge in [-0.1, -0.05) is 46.3 Å². The Kier molecular flexibility index (Phi) is 3.66.